The molecule has 1 spiro atoms. The Kier molecular flexibility index (Phi) is 4.66. The summed E-state index contributed by atoms with van der Waals surface area (Å²) >= 11 is 0. The normalized spacial score (nSPS) is 22.4. The fourth-order valence-corrected chi connectivity index (χ4v) is 4.79. The molecule has 2 aliphatic heterocycles. The van der Waals surface area contributed by atoms with E-state index in [-0.39, 0.29) is 23.1 Å². The lowest BCUT2D eigenvalue weighted by atomic mass is 9.62. The third-order valence-electron chi connectivity index (χ3n) is 6.32. The van der Waals surface area contributed by atoms with E-state index in [0.717, 1.165) is 36.8 Å². The number of carbonyl (C=O) groups excluding carboxylic acids is 2. The maximum Gasteiger partial charge on any atom is 0.222 e. The lowest BCUT2D eigenvalue weighted by molar-refractivity contribution is -0.136. The van der Waals surface area contributed by atoms with Gasteiger partial charge in [0.2, 0.25) is 11.8 Å². The van der Waals surface area contributed by atoms with Crippen molar-refractivity contribution in [3.05, 3.63) is 30.0 Å². The van der Waals surface area contributed by atoms with Gasteiger partial charge in [0.25, 0.3) is 0 Å². The highest BCUT2D eigenvalue weighted by molar-refractivity contribution is 5.80. The fourth-order valence-electron chi connectivity index (χ4n) is 4.79. The number of amides is 2. The number of H-pyrrole nitrogens is 1. The molecule has 2 amide bonds. The average Bonchev–Trinajstić information content (AvgIpc) is 3.09. The molecule has 144 valence electrons. The Bertz CT molecular complexity index is 849. The number of benzene rings is 1. The molecule has 4 rings (SSSR count). The molecule has 1 aromatic heterocycles. The van der Waals surface area contributed by atoms with Crippen molar-refractivity contribution in [1.29, 1.82) is 0 Å². The van der Waals surface area contributed by atoms with E-state index in [0.29, 0.717) is 25.3 Å². The van der Waals surface area contributed by atoms with Crippen LogP contribution in [0.5, 0.6) is 0 Å². The van der Waals surface area contributed by atoms with Crippen molar-refractivity contribution >= 4 is 22.7 Å². The van der Waals surface area contributed by atoms with Gasteiger partial charge in [0, 0.05) is 43.8 Å². The minimum absolute atomic E-state index is 0.0612. The van der Waals surface area contributed by atoms with Crippen LogP contribution >= 0.6 is 0 Å². The number of aromatic amines is 1. The van der Waals surface area contributed by atoms with Crippen LogP contribution in [0.4, 0.5) is 0 Å². The number of rotatable bonds is 3. The van der Waals surface area contributed by atoms with Crippen LogP contribution in [-0.4, -0.2) is 46.5 Å². The number of carbonyl (C=O) groups is 2. The molecule has 2 fully saturated rings. The van der Waals surface area contributed by atoms with Crippen molar-refractivity contribution in [1.82, 2.24) is 20.4 Å². The van der Waals surface area contributed by atoms with Crippen molar-refractivity contribution in [2.24, 2.45) is 11.3 Å². The van der Waals surface area contributed by atoms with E-state index >= 15 is 0 Å². The molecule has 1 atom stereocenters. The van der Waals surface area contributed by atoms with E-state index in [1.807, 2.05) is 11.1 Å². The highest BCUT2D eigenvalue weighted by atomic mass is 16.2. The van der Waals surface area contributed by atoms with Crippen LogP contribution in [0.25, 0.3) is 10.9 Å². The van der Waals surface area contributed by atoms with Gasteiger partial charge >= 0.3 is 0 Å². The summed E-state index contributed by atoms with van der Waals surface area (Å²) in [6.07, 6.45) is 4.78. The maximum atomic E-state index is 12.4. The highest BCUT2D eigenvalue weighted by Gasteiger charge is 2.46. The predicted octanol–water partition coefficient (Wildman–Crippen LogP) is 2.82. The molecule has 2 aromatic rings. The molecular weight excluding hydrogens is 340 g/mol. The zero-order chi connectivity index (χ0) is 19.0. The summed E-state index contributed by atoms with van der Waals surface area (Å²) in [5, 5.41) is 11.3. The highest BCUT2D eigenvalue weighted by Crippen LogP contribution is 2.49. The van der Waals surface area contributed by atoms with E-state index in [1.54, 1.807) is 0 Å². The Morgan fingerprint density at radius 2 is 2.11 bits per heavy atom. The van der Waals surface area contributed by atoms with Crippen molar-refractivity contribution in [2.75, 3.05) is 19.6 Å². The Morgan fingerprint density at radius 1 is 1.33 bits per heavy atom. The first kappa shape index (κ1) is 18.0. The molecule has 2 aliphatic rings. The first-order chi connectivity index (χ1) is 13.0. The van der Waals surface area contributed by atoms with Gasteiger partial charge in [0.05, 0.1) is 11.7 Å². The largest absolute Gasteiger partial charge is 0.355 e. The monoisotopic (exact) mass is 368 g/mol. The van der Waals surface area contributed by atoms with Gasteiger partial charge in [0.1, 0.15) is 0 Å². The minimum atomic E-state index is -0.0612. The van der Waals surface area contributed by atoms with E-state index in [2.05, 4.69) is 47.6 Å². The number of hydrogen-bond acceptors (Lipinski definition) is 3. The molecule has 1 unspecified atom stereocenters. The van der Waals surface area contributed by atoms with E-state index in [9.17, 15) is 9.59 Å². The number of fused-ring (bicyclic) bond motifs is 1. The molecule has 2 saturated heterocycles. The Hall–Kier alpha value is -2.37. The first-order valence-electron chi connectivity index (χ1n) is 9.94. The third-order valence-corrected chi connectivity index (χ3v) is 6.32. The second kappa shape index (κ2) is 6.98. The van der Waals surface area contributed by atoms with E-state index in [1.165, 1.54) is 5.56 Å². The van der Waals surface area contributed by atoms with Crippen LogP contribution in [-0.2, 0) is 9.59 Å². The molecule has 3 heterocycles. The molecule has 27 heavy (non-hydrogen) atoms. The molecule has 1 aromatic carbocycles. The van der Waals surface area contributed by atoms with Crippen molar-refractivity contribution < 1.29 is 9.59 Å². The first-order valence-corrected chi connectivity index (χ1v) is 9.94. The number of likely N-dealkylation sites (tertiary alicyclic amines) is 1. The molecular formula is C21H28N4O2. The van der Waals surface area contributed by atoms with E-state index < -0.39 is 0 Å². The van der Waals surface area contributed by atoms with Crippen molar-refractivity contribution in [3.8, 4) is 0 Å². The number of piperidine rings is 2. The third kappa shape index (κ3) is 3.45. The van der Waals surface area contributed by atoms with Gasteiger partial charge in [-0.05, 0) is 41.9 Å². The molecule has 0 aliphatic carbocycles. The lowest BCUT2D eigenvalue weighted by Gasteiger charge is -2.49. The lowest BCUT2D eigenvalue weighted by Crippen LogP contribution is -2.53. The van der Waals surface area contributed by atoms with Crippen LogP contribution < -0.4 is 5.32 Å². The Morgan fingerprint density at radius 3 is 2.85 bits per heavy atom. The summed E-state index contributed by atoms with van der Waals surface area (Å²) in [6.45, 7) is 6.34. The van der Waals surface area contributed by atoms with Gasteiger partial charge < -0.3 is 10.2 Å². The molecule has 2 N–H and O–H groups in total. The zero-order valence-electron chi connectivity index (χ0n) is 16.1. The SMILES string of the molecule is CC(C)CC(=O)N1CCC2(CC1)CC(=O)NCC2c1ccc2[nH]ncc2c1. The van der Waals surface area contributed by atoms with E-state index in [4.69, 9.17) is 0 Å². The summed E-state index contributed by atoms with van der Waals surface area (Å²) in [7, 11) is 0. The molecule has 0 saturated carbocycles. The van der Waals surface area contributed by atoms with Crippen molar-refractivity contribution in [3.63, 3.8) is 0 Å². The molecule has 0 radical (unpaired) electrons. The smallest absolute Gasteiger partial charge is 0.222 e. The number of hydrogen-bond donors (Lipinski definition) is 2. The summed E-state index contributed by atoms with van der Waals surface area (Å²) in [5.41, 5.74) is 2.22. The molecule has 6 nitrogen and oxygen atoms in total. The number of aromatic nitrogens is 2. The second-order valence-corrected chi connectivity index (χ2v) is 8.59. The summed E-state index contributed by atoms with van der Waals surface area (Å²) < 4.78 is 0. The van der Waals surface area contributed by atoms with Gasteiger partial charge in [-0.15, -0.1) is 0 Å². The predicted molar refractivity (Wildman–Crippen MR) is 104 cm³/mol. The maximum absolute atomic E-state index is 12.4. The standard InChI is InChI=1S/C21H28N4O2/c1-14(2)9-20(27)25-7-5-21(6-8-25)11-19(26)22-13-17(21)15-3-4-18-16(10-15)12-23-24-18/h3-4,10,12,14,17H,5-9,11,13H2,1-2H3,(H,22,26)(H,23,24). The topological polar surface area (TPSA) is 78.1 Å². The number of nitrogens with zero attached hydrogens (tertiary/aromatic N) is 2. The quantitative estimate of drug-likeness (QED) is 0.874. The van der Waals surface area contributed by atoms with Crippen LogP contribution in [0.2, 0.25) is 0 Å². The summed E-state index contributed by atoms with van der Waals surface area (Å²) in [4.78, 5) is 26.7. The average molecular weight is 368 g/mol. The summed E-state index contributed by atoms with van der Waals surface area (Å²) in [6, 6.07) is 6.42. The Labute approximate surface area is 159 Å². The van der Waals surface area contributed by atoms with Gasteiger partial charge in [0.15, 0.2) is 0 Å². The fraction of sp³-hybridized carbons (Fsp3) is 0.571. The second-order valence-electron chi connectivity index (χ2n) is 8.59. The van der Waals surface area contributed by atoms with Crippen LogP contribution in [0.1, 0.15) is 51.0 Å². The van der Waals surface area contributed by atoms with Gasteiger partial charge in [-0.2, -0.15) is 5.10 Å². The van der Waals surface area contributed by atoms with Gasteiger partial charge in [-0.1, -0.05) is 19.9 Å². The van der Waals surface area contributed by atoms with Crippen LogP contribution in [0.15, 0.2) is 24.4 Å². The minimum Gasteiger partial charge on any atom is -0.355 e. The molecule has 0 bridgehead atoms. The molecule has 6 heteroatoms. The van der Waals surface area contributed by atoms with Gasteiger partial charge in [-0.3, -0.25) is 14.7 Å². The van der Waals surface area contributed by atoms with Crippen LogP contribution in [0.3, 0.4) is 0 Å². The Balaban J connectivity index is 1.57. The summed E-state index contributed by atoms with van der Waals surface area (Å²) in [5.74, 6) is 1.04. The van der Waals surface area contributed by atoms with Crippen LogP contribution in [0, 0.1) is 11.3 Å². The van der Waals surface area contributed by atoms with Gasteiger partial charge in [-0.25, -0.2) is 0 Å². The van der Waals surface area contributed by atoms with Crippen molar-refractivity contribution in [2.45, 2.75) is 45.4 Å². The zero-order valence-corrected chi connectivity index (χ0v) is 16.1. The number of nitrogens with one attached hydrogen (secondary N) is 2.